The van der Waals surface area contributed by atoms with Crippen LogP contribution in [0, 0.1) is 0 Å². The van der Waals surface area contributed by atoms with Gasteiger partial charge in [0.05, 0.1) is 5.54 Å². The van der Waals surface area contributed by atoms with Gasteiger partial charge in [-0.25, -0.2) is 10.3 Å². The van der Waals surface area contributed by atoms with Crippen molar-refractivity contribution in [2.24, 2.45) is 0 Å². The van der Waals surface area contributed by atoms with Crippen molar-refractivity contribution in [1.82, 2.24) is 10.4 Å². The fourth-order valence-corrected chi connectivity index (χ4v) is 3.84. The fourth-order valence-electron chi connectivity index (χ4n) is 3.84. The molecule has 27 heavy (non-hydrogen) atoms. The lowest BCUT2D eigenvalue weighted by atomic mass is 9.86. The number of hydroxylamine groups is 1. The number of amides is 2. The Labute approximate surface area is 159 Å². The average molecular weight is 373 g/mol. The summed E-state index contributed by atoms with van der Waals surface area (Å²) in [6.07, 6.45) is 4.79. The zero-order valence-corrected chi connectivity index (χ0v) is 16.1. The highest BCUT2D eigenvalue weighted by Crippen LogP contribution is 2.42. The van der Waals surface area contributed by atoms with E-state index in [4.69, 9.17) is 9.94 Å². The predicted molar refractivity (Wildman–Crippen MR) is 103 cm³/mol. The summed E-state index contributed by atoms with van der Waals surface area (Å²) in [4.78, 5) is 27.7. The third-order valence-corrected chi connectivity index (χ3v) is 4.97. The molecule has 0 unspecified atom stereocenters. The second-order valence-electron chi connectivity index (χ2n) is 8.18. The number of hydrogen-bond acceptors (Lipinski definition) is 5. The molecule has 2 N–H and O–H groups in total. The minimum atomic E-state index is -0.569. The van der Waals surface area contributed by atoms with E-state index in [1.54, 1.807) is 16.5 Å². The number of carbonyl (C=O) groups excluding carboxylic acids is 2. The lowest BCUT2D eigenvalue weighted by Crippen LogP contribution is -2.69. The molecule has 3 rings (SSSR count). The summed E-state index contributed by atoms with van der Waals surface area (Å²) in [6.45, 7) is 7.78. The highest BCUT2D eigenvalue weighted by molar-refractivity contribution is 5.92. The number of likely N-dealkylation sites (tertiary alicyclic amines) is 1. The van der Waals surface area contributed by atoms with Gasteiger partial charge in [-0.05, 0) is 51.3 Å². The number of ether oxygens (including phenoxy) is 1. The van der Waals surface area contributed by atoms with Crippen LogP contribution >= 0.6 is 0 Å². The molecule has 0 bridgehead atoms. The normalized spacial score (nSPS) is 18.7. The summed E-state index contributed by atoms with van der Waals surface area (Å²) >= 11 is 0. The minimum absolute atomic E-state index is 0.0832. The zero-order valence-electron chi connectivity index (χ0n) is 16.1. The van der Waals surface area contributed by atoms with Gasteiger partial charge in [-0.15, -0.1) is 0 Å². The highest BCUT2D eigenvalue weighted by Gasteiger charge is 2.53. The van der Waals surface area contributed by atoms with Crippen molar-refractivity contribution < 1.29 is 19.5 Å². The van der Waals surface area contributed by atoms with E-state index >= 15 is 0 Å². The van der Waals surface area contributed by atoms with E-state index in [0.717, 1.165) is 30.6 Å². The minimum Gasteiger partial charge on any atom is -0.444 e. The van der Waals surface area contributed by atoms with Crippen LogP contribution in [-0.4, -0.2) is 52.9 Å². The first-order valence-corrected chi connectivity index (χ1v) is 9.21. The molecule has 0 saturated carbocycles. The Hall–Kier alpha value is -2.54. The average Bonchev–Trinajstić information content (AvgIpc) is 3.01. The van der Waals surface area contributed by atoms with E-state index in [9.17, 15) is 9.59 Å². The number of carbonyl (C=O) groups is 2. The number of nitrogens with one attached hydrogen (secondary N) is 1. The molecule has 0 radical (unpaired) electrons. The van der Waals surface area contributed by atoms with Crippen molar-refractivity contribution in [2.45, 2.75) is 44.8 Å². The summed E-state index contributed by atoms with van der Waals surface area (Å²) < 4.78 is 5.48. The van der Waals surface area contributed by atoms with Crippen LogP contribution in [0.3, 0.4) is 0 Å². The maximum atomic E-state index is 12.3. The monoisotopic (exact) mass is 373 g/mol. The molecule has 1 aromatic rings. The molecule has 2 fully saturated rings. The van der Waals surface area contributed by atoms with E-state index in [2.05, 4.69) is 4.90 Å². The number of anilines is 1. The molecule has 0 atom stereocenters. The Balaban J connectivity index is 1.76. The maximum Gasteiger partial charge on any atom is 0.410 e. The van der Waals surface area contributed by atoms with Crippen LogP contribution < -0.4 is 10.4 Å². The smallest absolute Gasteiger partial charge is 0.410 e. The van der Waals surface area contributed by atoms with E-state index in [1.165, 1.54) is 6.08 Å². The molecule has 1 aromatic carbocycles. The first-order valence-electron chi connectivity index (χ1n) is 9.21. The summed E-state index contributed by atoms with van der Waals surface area (Å²) in [5.74, 6) is -0.569. The molecule has 0 aromatic heterocycles. The number of benzene rings is 1. The van der Waals surface area contributed by atoms with Crippen LogP contribution in [0.4, 0.5) is 10.5 Å². The van der Waals surface area contributed by atoms with Crippen LogP contribution in [-0.2, 0) is 9.53 Å². The summed E-state index contributed by atoms with van der Waals surface area (Å²) in [5, 5.41) is 8.68. The predicted octanol–water partition coefficient (Wildman–Crippen LogP) is 2.79. The van der Waals surface area contributed by atoms with Crippen LogP contribution in [0.2, 0.25) is 0 Å². The Kier molecular flexibility index (Phi) is 5.15. The van der Waals surface area contributed by atoms with Gasteiger partial charge in [-0.2, -0.15) is 0 Å². The van der Waals surface area contributed by atoms with Gasteiger partial charge in [0.1, 0.15) is 5.60 Å². The van der Waals surface area contributed by atoms with Gasteiger partial charge in [0.25, 0.3) is 5.91 Å². The molecular formula is C20H27N3O4. The van der Waals surface area contributed by atoms with Gasteiger partial charge >= 0.3 is 6.09 Å². The van der Waals surface area contributed by atoms with Crippen LogP contribution in [0.25, 0.3) is 6.08 Å². The molecule has 7 nitrogen and oxygen atoms in total. The summed E-state index contributed by atoms with van der Waals surface area (Å²) in [7, 11) is 0. The Morgan fingerprint density at radius 2 is 1.96 bits per heavy atom. The van der Waals surface area contributed by atoms with Crippen LogP contribution in [0.1, 0.15) is 39.2 Å². The third-order valence-electron chi connectivity index (χ3n) is 4.97. The van der Waals surface area contributed by atoms with Crippen molar-refractivity contribution in [3.63, 3.8) is 0 Å². The maximum absolute atomic E-state index is 12.3. The quantitative estimate of drug-likeness (QED) is 0.484. The zero-order chi connectivity index (χ0) is 19.7. The lowest BCUT2D eigenvalue weighted by Gasteiger charge is -2.53. The van der Waals surface area contributed by atoms with Gasteiger partial charge < -0.3 is 14.5 Å². The van der Waals surface area contributed by atoms with Crippen LogP contribution in [0.5, 0.6) is 0 Å². The van der Waals surface area contributed by atoms with Gasteiger partial charge in [-0.3, -0.25) is 10.0 Å². The summed E-state index contributed by atoms with van der Waals surface area (Å²) in [6, 6.07) is 7.85. The molecule has 2 amide bonds. The SMILES string of the molecule is CC(C)(C)OC(=O)N1CC2(CCCN2c2ccccc2/C=C/C(=O)NO)C1. The van der Waals surface area contributed by atoms with Gasteiger partial charge in [0.15, 0.2) is 0 Å². The van der Waals surface area contributed by atoms with Crippen molar-refractivity contribution in [3.8, 4) is 0 Å². The van der Waals surface area contributed by atoms with Crippen molar-refractivity contribution >= 4 is 23.8 Å². The topological polar surface area (TPSA) is 82.1 Å². The standard InChI is InChI=1S/C20H27N3O4/c1-19(2,3)27-18(25)22-13-20(14-22)11-6-12-23(20)16-8-5-4-7-15(16)9-10-17(24)21-26/h4-5,7-10,26H,6,11-14H2,1-3H3,(H,21,24)/b10-9+. The number of hydrogen-bond donors (Lipinski definition) is 2. The summed E-state index contributed by atoms with van der Waals surface area (Å²) in [5.41, 5.74) is 2.95. The third kappa shape index (κ3) is 4.08. The second-order valence-corrected chi connectivity index (χ2v) is 8.18. The molecule has 2 saturated heterocycles. The molecule has 0 aliphatic carbocycles. The van der Waals surface area contributed by atoms with Crippen molar-refractivity contribution in [1.29, 1.82) is 0 Å². The lowest BCUT2D eigenvalue weighted by molar-refractivity contribution is -0.124. The van der Waals surface area contributed by atoms with E-state index in [0.29, 0.717) is 13.1 Å². The van der Waals surface area contributed by atoms with Crippen molar-refractivity contribution in [2.75, 3.05) is 24.5 Å². The van der Waals surface area contributed by atoms with E-state index < -0.39 is 11.5 Å². The first-order chi connectivity index (χ1) is 12.7. The molecule has 7 heteroatoms. The second kappa shape index (κ2) is 7.23. The van der Waals surface area contributed by atoms with E-state index in [1.807, 2.05) is 45.0 Å². The largest absolute Gasteiger partial charge is 0.444 e. The molecule has 1 spiro atoms. The first kappa shape index (κ1) is 19.2. The number of para-hydroxylation sites is 1. The number of rotatable bonds is 3. The Morgan fingerprint density at radius 1 is 1.26 bits per heavy atom. The molecule has 146 valence electrons. The molecule has 2 aliphatic heterocycles. The van der Waals surface area contributed by atoms with E-state index in [-0.39, 0.29) is 11.6 Å². The Bertz CT molecular complexity index is 748. The molecule has 2 heterocycles. The number of nitrogens with zero attached hydrogens (tertiary/aromatic N) is 2. The molecular weight excluding hydrogens is 346 g/mol. The molecule has 2 aliphatic rings. The van der Waals surface area contributed by atoms with Crippen molar-refractivity contribution in [3.05, 3.63) is 35.9 Å². The Morgan fingerprint density at radius 3 is 2.63 bits per heavy atom. The van der Waals surface area contributed by atoms with Crippen LogP contribution in [0.15, 0.2) is 30.3 Å². The van der Waals surface area contributed by atoms with Gasteiger partial charge in [-0.1, -0.05) is 18.2 Å². The van der Waals surface area contributed by atoms with Gasteiger partial charge in [0, 0.05) is 31.4 Å². The highest BCUT2D eigenvalue weighted by atomic mass is 16.6. The fraction of sp³-hybridized carbons (Fsp3) is 0.500. The van der Waals surface area contributed by atoms with Gasteiger partial charge in [0.2, 0.25) is 0 Å².